The summed E-state index contributed by atoms with van der Waals surface area (Å²) in [6.07, 6.45) is 3.54. The van der Waals surface area contributed by atoms with Gasteiger partial charge in [0.05, 0.1) is 24.0 Å². The van der Waals surface area contributed by atoms with Gasteiger partial charge in [-0.2, -0.15) is 5.10 Å². The smallest absolute Gasteiger partial charge is 0.238 e. The average Bonchev–Trinajstić information content (AvgIpc) is 3.39. The minimum Gasteiger partial charge on any atom is -0.396 e. The lowest BCUT2D eigenvalue weighted by Gasteiger charge is -2.32. The van der Waals surface area contributed by atoms with Gasteiger partial charge in [-0.1, -0.05) is 72.3 Å². The van der Waals surface area contributed by atoms with E-state index in [1.54, 1.807) is 29.2 Å². The van der Waals surface area contributed by atoms with E-state index < -0.39 is 0 Å². The van der Waals surface area contributed by atoms with Gasteiger partial charge < -0.3 is 10.4 Å². The van der Waals surface area contributed by atoms with E-state index in [0.717, 1.165) is 11.1 Å². The van der Waals surface area contributed by atoms with Crippen molar-refractivity contribution in [2.45, 2.75) is 12.5 Å². The zero-order chi connectivity index (χ0) is 23.8. The number of aliphatic hydroxyl groups excluding tert-OH is 1. The Morgan fingerprint density at radius 2 is 1.71 bits per heavy atom. The molecule has 1 amide bonds. The van der Waals surface area contributed by atoms with Crippen LogP contribution in [-0.2, 0) is 4.79 Å². The fourth-order valence-electron chi connectivity index (χ4n) is 3.97. The second-order valence-corrected chi connectivity index (χ2v) is 8.26. The fraction of sp³-hybridized carbons (Fsp3) is 0.192. The van der Waals surface area contributed by atoms with Crippen molar-refractivity contribution >= 4 is 23.2 Å². The maximum atomic E-state index is 13.3. The van der Waals surface area contributed by atoms with Crippen molar-refractivity contribution in [3.63, 3.8) is 0 Å². The highest BCUT2D eigenvalue weighted by molar-refractivity contribution is 6.31. The quantitative estimate of drug-likeness (QED) is 0.356. The predicted octanol–water partition coefficient (Wildman–Crippen LogP) is 4.33. The standard InChI is InChI=1S/C26H26ClN5O2/c27-22-12-13-24(32-19-28-18-29-32)23(16-22)30-25(34)17-31(14-7-15-33)26(20-8-3-1-4-9-20)21-10-5-2-6-11-21/h1-6,8-13,16,18-19,26,33H,7,14-15,17H2,(H,30,34). The summed E-state index contributed by atoms with van der Waals surface area (Å²) in [7, 11) is 0. The van der Waals surface area contributed by atoms with E-state index >= 15 is 0 Å². The first kappa shape index (κ1) is 23.6. The predicted molar refractivity (Wildman–Crippen MR) is 133 cm³/mol. The van der Waals surface area contributed by atoms with E-state index in [-0.39, 0.29) is 25.1 Å². The lowest BCUT2D eigenvalue weighted by Crippen LogP contribution is -2.38. The van der Waals surface area contributed by atoms with Crippen LogP contribution in [0.25, 0.3) is 5.69 Å². The molecule has 1 aromatic heterocycles. The molecular formula is C26H26ClN5O2. The molecule has 0 saturated carbocycles. The highest BCUT2D eigenvalue weighted by Gasteiger charge is 2.24. The number of nitrogens with zero attached hydrogens (tertiary/aromatic N) is 4. The number of rotatable bonds is 10. The zero-order valence-corrected chi connectivity index (χ0v) is 19.3. The topological polar surface area (TPSA) is 83.3 Å². The Bertz CT molecular complexity index is 1150. The van der Waals surface area contributed by atoms with Gasteiger partial charge in [-0.3, -0.25) is 9.69 Å². The molecule has 0 spiro atoms. The van der Waals surface area contributed by atoms with Crippen LogP contribution in [0, 0.1) is 0 Å². The van der Waals surface area contributed by atoms with Crippen LogP contribution in [0.5, 0.6) is 0 Å². The summed E-state index contributed by atoms with van der Waals surface area (Å²) in [5.74, 6) is -0.196. The van der Waals surface area contributed by atoms with Crippen molar-refractivity contribution in [1.82, 2.24) is 19.7 Å². The van der Waals surface area contributed by atoms with Crippen LogP contribution in [0.3, 0.4) is 0 Å². The lowest BCUT2D eigenvalue weighted by atomic mass is 9.96. The molecule has 1 heterocycles. The van der Waals surface area contributed by atoms with Gasteiger partial charge >= 0.3 is 0 Å². The van der Waals surface area contributed by atoms with E-state index in [9.17, 15) is 9.90 Å². The van der Waals surface area contributed by atoms with Crippen molar-refractivity contribution < 1.29 is 9.90 Å². The summed E-state index contributed by atoms with van der Waals surface area (Å²) in [6, 6.07) is 25.2. The monoisotopic (exact) mass is 475 g/mol. The van der Waals surface area contributed by atoms with Crippen LogP contribution in [-0.4, -0.2) is 50.4 Å². The molecule has 0 saturated heterocycles. The number of amides is 1. The third-order valence-electron chi connectivity index (χ3n) is 5.44. The van der Waals surface area contributed by atoms with Crippen molar-refractivity contribution in [3.8, 4) is 5.69 Å². The molecular weight excluding hydrogens is 450 g/mol. The molecule has 3 aromatic carbocycles. The van der Waals surface area contributed by atoms with Crippen LogP contribution >= 0.6 is 11.6 Å². The van der Waals surface area contributed by atoms with Crippen LogP contribution in [0.4, 0.5) is 5.69 Å². The van der Waals surface area contributed by atoms with Crippen LogP contribution < -0.4 is 5.32 Å². The summed E-state index contributed by atoms with van der Waals surface area (Å²) in [5, 5.41) is 17.2. The Morgan fingerprint density at radius 1 is 1.03 bits per heavy atom. The first-order valence-electron chi connectivity index (χ1n) is 11.0. The molecule has 8 heteroatoms. The minimum absolute atomic E-state index is 0.0408. The number of hydrogen-bond acceptors (Lipinski definition) is 5. The molecule has 0 unspecified atom stereocenters. The van der Waals surface area contributed by atoms with E-state index in [2.05, 4.69) is 44.6 Å². The molecule has 0 aliphatic carbocycles. The summed E-state index contributed by atoms with van der Waals surface area (Å²) >= 11 is 6.21. The second kappa shape index (κ2) is 11.6. The molecule has 0 fully saturated rings. The number of benzene rings is 3. The molecule has 4 rings (SSSR count). The maximum absolute atomic E-state index is 13.3. The van der Waals surface area contributed by atoms with Gasteiger partial charge in [0.1, 0.15) is 12.7 Å². The number of aromatic nitrogens is 3. The normalized spacial score (nSPS) is 11.2. The molecule has 34 heavy (non-hydrogen) atoms. The van der Waals surface area contributed by atoms with Gasteiger partial charge in [0.25, 0.3) is 0 Å². The minimum atomic E-state index is -0.196. The van der Waals surface area contributed by atoms with Gasteiger partial charge in [-0.05, 0) is 35.7 Å². The highest BCUT2D eigenvalue weighted by Crippen LogP contribution is 2.29. The SMILES string of the molecule is O=C(CN(CCCO)C(c1ccccc1)c1ccccc1)Nc1cc(Cl)ccc1-n1cncn1. The number of hydrogen-bond donors (Lipinski definition) is 2. The Kier molecular flexibility index (Phi) is 8.04. The van der Waals surface area contributed by atoms with E-state index in [0.29, 0.717) is 29.4 Å². The Morgan fingerprint density at radius 3 is 2.29 bits per heavy atom. The number of carbonyl (C=O) groups excluding carboxylic acids is 1. The molecule has 0 bridgehead atoms. The van der Waals surface area contributed by atoms with Gasteiger partial charge in [-0.25, -0.2) is 9.67 Å². The van der Waals surface area contributed by atoms with Crippen molar-refractivity contribution in [1.29, 1.82) is 0 Å². The van der Waals surface area contributed by atoms with E-state index in [1.807, 2.05) is 36.4 Å². The van der Waals surface area contributed by atoms with E-state index in [4.69, 9.17) is 11.6 Å². The molecule has 0 aliphatic heterocycles. The number of halogens is 1. The molecule has 7 nitrogen and oxygen atoms in total. The van der Waals surface area contributed by atoms with Crippen LogP contribution in [0.15, 0.2) is 91.5 Å². The third kappa shape index (κ3) is 5.88. The van der Waals surface area contributed by atoms with Crippen molar-refractivity contribution in [2.24, 2.45) is 0 Å². The molecule has 174 valence electrons. The first-order chi connectivity index (χ1) is 16.7. The van der Waals surface area contributed by atoms with E-state index in [1.165, 1.54) is 6.33 Å². The van der Waals surface area contributed by atoms with Crippen LogP contribution in [0.1, 0.15) is 23.6 Å². The fourth-order valence-corrected chi connectivity index (χ4v) is 4.15. The highest BCUT2D eigenvalue weighted by atomic mass is 35.5. The van der Waals surface area contributed by atoms with Gasteiger partial charge in [-0.15, -0.1) is 0 Å². The van der Waals surface area contributed by atoms with Crippen molar-refractivity contribution in [2.75, 3.05) is 25.0 Å². The summed E-state index contributed by atoms with van der Waals surface area (Å²) in [5.41, 5.74) is 3.36. The number of anilines is 1. The summed E-state index contributed by atoms with van der Waals surface area (Å²) < 4.78 is 1.58. The average molecular weight is 476 g/mol. The molecule has 0 radical (unpaired) electrons. The summed E-state index contributed by atoms with van der Waals surface area (Å²) in [4.78, 5) is 19.3. The Hall–Kier alpha value is -3.52. The molecule has 2 N–H and O–H groups in total. The Labute approximate surface area is 203 Å². The lowest BCUT2D eigenvalue weighted by molar-refractivity contribution is -0.117. The maximum Gasteiger partial charge on any atom is 0.238 e. The third-order valence-corrected chi connectivity index (χ3v) is 5.68. The first-order valence-corrected chi connectivity index (χ1v) is 11.4. The Balaban J connectivity index is 1.62. The van der Waals surface area contributed by atoms with Gasteiger partial charge in [0.15, 0.2) is 0 Å². The van der Waals surface area contributed by atoms with Crippen molar-refractivity contribution in [3.05, 3.63) is 108 Å². The number of nitrogens with one attached hydrogen (secondary N) is 1. The van der Waals surface area contributed by atoms with Gasteiger partial charge in [0, 0.05) is 18.2 Å². The largest absolute Gasteiger partial charge is 0.396 e. The number of carbonyl (C=O) groups is 1. The molecule has 4 aromatic rings. The number of aliphatic hydroxyl groups is 1. The molecule has 0 atom stereocenters. The molecule has 0 aliphatic rings. The second-order valence-electron chi connectivity index (χ2n) is 7.82. The summed E-state index contributed by atoms with van der Waals surface area (Å²) in [6.45, 7) is 0.709. The zero-order valence-electron chi connectivity index (χ0n) is 18.6. The van der Waals surface area contributed by atoms with Crippen LogP contribution in [0.2, 0.25) is 5.02 Å². The van der Waals surface area contributed by atoms with Gasteiger partial charge in [0.2, 0.25) is 5.91 Å².